The van der Waals surface area contributed by atoms with Gasteiger partial charge in [0.1, 0.15) is 5.82 Å². The van der Waals surface area contributed by atoms with Gasteiger partial charge in [0.25, 0.3) is 5.56 Å². The monoisotopic (exact) mass is 272 g/mol. The maximum atomic E-state index is 11.8. The zero-order valence-electron chi connectivity index (χ0n) is 11.5. The molecule has 1 fully saturated rings. The second-order valence-electron chi connectivity index (χ2n) is 4.83. The van der Waals surface area contributed by atoms with Crippen molar-refractivity contribution >= 4 is 0 Å². The number of hydrogen-bond acceptors (Lipinski definition) is 4. The Labute approximate surface area is 116 Å². The summed E-state index contributed by atoms with van der Waals surface area (Å²) in [5, 5.41) is 0. The minimum Gasteiger partial charge on any atom is -0.493 e. The second kappa shape index (κ2) is 5.00. The minimum absolute atomic E-state index is 0.137. The number of H-pyrrole nitrogens is 1. The van der Waals surface area contributed by atoms with Crippen molar-refractivity contribution in [3.8, 4) is 22.8 Å². The van der Waals surface area contributed by atoms with Crippen LogP contribution in [0.3, 0.4) is 0 Å². The van der Waals surface area contributed by atoms with Crippen molar-refractivity contribution in [1.82, 2.24) is 9.97 Å². The molecule has 0 spiro atoms. The van der Waals surface area contributed by atoms with E-state index in [1.54, 1.807) is 14.2 Å². The molecule has 104 valence electrons. The van der Waals surface area contributed by atoms with E-state index in [-0.39, 0.29) is 5.56 Å². The largest absolute Gasteiger partial charge is 0.493 e. The summed E-state index contributed by atoms with van der Waals surface area (Å²) in [5.41, 5.74) is 1.24. The molecule has 1 aliphatic rings. The van der Waals surface area contributed by atoms with Crippen LogP contribution in [-0.4, -0.2) is 24.2 Å². The Hall–Kier alpha value is -2.30. The first-order valence-corrected chi connectivity index (χ1v) is 6.55. The van der Waals surface area contributed by atoms with Gasteiger partial charge in [-0.25, -0.2) is 4.98 Å². The molecule has 5 nitrogen and oxygen atoms in total. The summed E-state index contributed by atoms with van der Waals surface area (Å²) in [6.45, 7) is 0. The molecule has 1 saturated carbocycles. The van der Waals surface area contributed by atoms with Crippen LogP contribution < -0.4 is 15.0 Å². The van der Waals surface area contributed by atoms with E-state index < -0.39 is 0 Å². The number of aromatic nitrogens is 2. The van der Waals surface area contributed by atoms with Crippen LogP contribution in [0.4, 0.5) is 0 Å². The Balaban J connectivity index is 2.15. The predicted octanol–water partition coefficient (Wildman–Crippen LogP) is 2.33. The normalized spacial score (nSPS) is 14.1. The number of nitrogens with zero attached hydrogens (tertiary/aromatic N) is 1. The predicted molar refractivity (Wildman–Crippen MR) is 75.4 cm³/mol. The molecule has 0 aliphatic heterocycles. The summed E-state index contributed by atoms with van der Waals surface area (Å²) >= 11 is 0. The van der Waals surface area contributed by atoms with Gasteiger partial charge in [-0.2, -0.15) is 0 Å². The summed E-state index contributed by atoms with van der Waals surface area (Å²) in [4.78, 5) is 19.2. The van der Waals surface area contributed by atoms with Crippen molar-refractivity contribution in [2.75, 3.05) is 14.2 Å². The number of hydrogen-bond donors (Lipinski definition) is 1. The molecule has 5 heteroatoms. The van der Waals surface area contributed by atoms with Crippen LogP contribution in [0.15, 0.2) is 29.1 Å². The Morgan fingerprint density at radius 1 is 1.25 bits per heavy atom. The number of methoxy groups -OCH3 is 2. The molecule has 0 unspecified atom stereocenters. The molecular formula is C15H16N2O3. The molecule has 0 amide bonds. The summed E-state index contributed by atoms with van der Waals surface area (Å²) < 4.78 is 10.7. The van der Waals surface area contributed by atoms with Crippen molar-refractivity contribution in [3.63, 3.8) is 0 Å². The lowest BCUT2D eigenvalue weighted by atomic mass is 10.1. The third-order valence-electron chi connectivity index (χ3n) is 3.40. The minimum atomic E-state index is -0.137. The number of para-hydroxylation sites is 1. The smallest absolute Gasteiger partial charge is 0.251 e. The molecule has 1 aromatic carbocycles. The molecular weight excluding hydrogens is 256 g/mol. The van der Waals surface area contributed by atoms with Crippen LogP contribution in [0.25, 0.3) is 11.3 Å². The van der Waals surface area contributed by atoms with Crippen LogP contribution >= 0.6 is 0 Å². The van der Waals surface area contributed by atoms with Gasteiger partial charge in [0.05, 0.1) is 19.9 Å². The van der Waals surface area contributed by atoms with E-state index in [4.69, 9.17) is 9.47 Å². The van der Waals surface area contributed by atoms with Crippen LogP contribution in [-0.2, 0) is 0 Å². The topological polar surface area (TPSA) is 64.2 Å². The number of ether oxygens (including phenoxy) is 2. The van der Waals surface area contributed by atoms with Crippen LogP contribution in [0.1, 0.15) is 24.6 Å². The lowest BCUT2D eigenvalue weighted by Gasteiger charge is -2.12. The van der Waals surface area contributed by atoms with E-state index in [1.165, 1.54) is 6.07 Å². The zero-order valence-corrected chi connectivity index (χ0v) is 11.5. The molecule has 1 aromatic heterocycles. The first-order valence-electron chi connectivity index (χ1n) is 6.55. The average molecular weight is 272 g/mol. The first-order chi connectivity index (χ1) is 9.72. The lowest BCUT2D eigenvalue weighted by Crippen LogP contribution is -2.10. The average Bonchev–Trinajstić information content (AvgIpc) is 3.30. The van der Waals surface area contributed by atoms with Crippen molar-refractivity contribution in [2.45, 2.75) is 18.8 Å². The molecule has 2 aromatic rings. The van der Waals surface area contributed by atoms with Gasteiger partial charge in [0.15, 0.2) is 11.5 Å². The Morgan fingerprint density at radius 2 is 2.05 bits per heavy atom. The van der Waals surface area contributed by atoms with Gasteiger partial charge < -0.3 is 14.5 Å². The summed E-state index contributed by atoms with van der Waals surface area (Å²) in [6, 6.07) is 7.04. The molecule has 1 N–H and O–H groups in total. The summed E-state index contributed by atoms with van der Waals surface area (Å²) in [5.74, 6) is 2.37. The Morgan fingerprint density at radius 3 is 2.70 bits per heavy atom. The third-order valence-corrected chi connectivity index (χ3v) is 3.40. The van der Waals surface area contributed by atoms with Crippen molar-refractivity contribution in [1.29, 1.82) is 0 Å². The SMILES string of the molecule is COc1cccc(-c2cc(=O)[nH]c(C3CC3)n2)c1OC. The summed E-state index contributed by atoms with van der Waals surface area (Å²) in [7, 11) is 3.17. The van der Waals surface area contributed by atoms with Gasteiger partial charge in [-0.3, -0.25) is 4.79 Å². The Bertz CT molecular complexity index is 690. The second-order valence-corrected chi connectivity index (χ2v) is 4.83. The van der Waals surface area contributed by atoms with Crippen molar-refractivity contribution in [3.05, 3.63) is 40.4 Å². The molecule has 0 bridgehead atoms. The lowest BCUT2D eigenvalue weighted by molar-refractivity contribution is 0.356. The fourth-order valence-corrected chi connectivity index (χ4v) is 2.25. The zero-order chi connectivity index (χ0) is 14.1. The van der Waals surface area contributed by atoms with E-state index >= 15 is 0 Å². The van der Waals surface area contributed by atoms with Gasteiger partial charge in [0.2, 0.25) is 0 Å². The Kier molecular flexibility index (Phi) is 3.18. The maximum Gasteiger partial charge on any atom is 0.251 e. The van der Waals surface area contributed by atoms with E-state index in [1.807, 2.05) is 18.2 Å². The first kappa shape index (κ1) is 12.7. The number of rotatable bonds is 4. The van der Waals surface area contributed by atoms with E-state index in [2.05, 4.69) is 9.97 Å². The molecule has 0 radical (unpaired) electrons. The van der Waals surface area contributed by atoms with Crippen LogP contribution in [0.2, 0.25) is 0 Å². The third kappa shape index (κ3) is 2.27. The van der Waals surface area contributed by atoms with Gasteiger partial charge in [-0.15, -0.1) is 0 Å². The van der Waals surface area contributed by atoms with Gasteiger partial charge in [0, 0.05) is 17.5 Å². The highest BCUT2D eigenvalue weighted by molar-refractivity contribution is 5.71. The maximum absolute atomic E-state index is 11.8. The van der Waals surface area contributed by atoms with Crippen molar-refractivity contribution in [2.24, 2.45) is 0 Å². The van der Waals surface area contributed by atoms with Crippen LogP contribution in [0, 0.1) is 0 Å². The summed E-state index contributed by atoms with van der Waals surface area (Å²) in [6.07, 6.45) is 2.17. The standard InChI is InChI=1S/C15H16N2O3/c1-19-12-5-3-4-10(14(12)20-2)11-8-13(18)17-15(16-11)9-6-7-9/h3-5,8-9H,6-7H2,1-2H3,(H,16,17,18). The number of nitrogens with one attached hydrogen (secondary N) is 1. The van der Waals surface area contributed by atoms with E-state index in [0.29, 0.717) is 23.1 Å². The highest BCUT2D eigenvalue weighted by atomic mass is 16.5. The fourth-order valence-electron chi connectivity index (χ4n) is 2.25. The highest BCUT2D eigenvalue weighted by Gasteiger charge is 2.27. The molecule has 0 atom stereocenters. The van der Waals surface area contributed by atoms with Gasteiger partial charge >= 0.3 is 0 Å². The fraction of sp³-hybridized carbons (Fsp3) is 0.333. The molecule has 3 rings (SSSR count). The highest BCUT2D eigenvalue weighted by Crippen LogP contribution is 2.40. The van der Waals surface area contributed by atoms with Crippen LogP contribution in [0.5, 0.6) is 11.5 Å². The number of benzene rings is 1. The van der Waals surface area contributed by atoms with Crippen molar-refractivity contribution < 1.29 is 9.47 Å². The molecule has 1 heterocycles. The molecule has 20 heavy (non-hydrogen) atoms. The number of aromatic amines is 1. The quantitative estimate of drug-likeness (QED) is 0.927. The van der Waals surface area contributed by atoms with E-state index in [0.717, 1.165) is 24.2 Å². The van der Waals surface area contributed by atoms with Gasteiger partial charge in [-0.1, -0.05) is 6.07 Å². The molecule has 0 saturated heterocycles. The molecule has 1 aliphatic carbocycles. The van der Waals surface area contributed by atoms with Gasteiger partial charge in [-0.05, 0) is 25.0 Å². The van der Waals surface area contributed by atoms with E-state index in [9.17, 15) is 4.79 Å².